The van der Waals surface area contributed by atoms with E-state index in [2.05, 4.69) is 26.2 Å². The van der Waals surface area contributed by atoms with Gasteiger partial charge in [0.05, 0.1) is 7.11 Å². The van der Waals surface area contributed by atoms with Crippen molar-refractivity contribution < 1.29 is 14.3 Å². The molecule has 2 aliphatic rings. The Morgan fingerprint density at radius 3 is 2.96 bits per heavy atom. The summed E-state index contributed by atoms with van der Waals surface area (Å²) < 4.78 is 5.82. The minimum Gasteiger partial charge on any atom is -0.453 e. The molecule has 1 saturated heterocycles. The zero-order valence-electron chi connectivity index (χ0n) is 14.1. The molecule has 2 aliphatic heterocycles. The average Bonchev–Trinajstić information content (AvgIpc) is 3.35. The van der Waals surface area contributed by atoms with Gasteiger partial charge in [-0.15, -0.1) is 11.3 Å². The molecule has 9 heteroatoms. The van der Waals surface area contributed by atoms with Crippen LogP contribution in [-0.4, -0.2) is 48.8 Å². The number of halogens is 1. The highest BCUT2D eigenvalue weighted by Gasteiger charge is 2.50. The van der Waals surface area contributed by atoms with Crippen molar-refractivity contribution in [1.29, 1.82) is 0 Å². The molecule has 3 amide bonds. The van der Waals surface area contributed by atoms with E-state index in [0.29, 0.717) is 24.8 Å². The Kier molecular flexibility index (Phi) is 4.36. The lowest BCUT2D eigenvalue weighted by Gasteiger charge is -2.25. The number of urea groups is 1. The highest BCUT2D eigenvalue weighted by atomic mass is 79.9. The second-order valence-corrected chi connectivity index (χ2v) is 8.25. The van der Waals surface area contributed by atoms with E-state index in [-0.39, 0.29) is 17.5 Å². The Morgan fingerprint density at radius 1 is 1.38 bits per heavy atom. The number of fused-ring (bicyclic) bond motifs is 2. The number of benzene rings is 1. The lowest BCUT2D eigenvalue weighted by Crippen LogP contribution is -2.41. The Morgan fingerprint density at radius 2 is 2.23 bits per heavy atom. The van der Waals surface area contributed by atoms with Crippen molar-refractivity contribution in [2.75, 3.05) is 37.0 Å². The summed E-state index contributed by atoms with van der Waals surface area (Å²) in [5, 5.41) is 5.23. The van der Waals surface area contributed by atoms with E-state index in [1.165, 1.54) is 18.4 Å². The molecule has 1 atom stereocenters. The number of aromatic nitrogens is 1. The van der Waals surface area contributed by atoms with Gasteiger partial charge in [0.2, 0.25) is 0 Å². The summed E-state index contributed by atoms with van der Waals surface area (Å²) in [5.74, 6) is 0. The van der Waals surface area contributed by atoms with Gasteiger partial charge >= 0.3 is 12.1 Å². The van der Waals surface area contributed by atoms with Crippen LogP contribution in [0.1, 0.15) is 12.0 Å². The lowest BCUT2D eigenvalue weighted by atomic mass is 9.82. The molecule has 1 N–H and O–H groups in total. The molecule has 4 rings (SSSR count). The number of thiazole rings is 1. The van der Waals surface area contributed by atoms with Gasteiger partial charge in [0.25, 0.3) is 0 Å². The van der Waals surface area contributed by atoms with Crippen LogP contribution >= 0.6 is 27.3 Å². The zero-order valence-corrected chi connectivity index (χ0v) is 16.5. The quantitative estimate of drug-likeness (QED) is 0.739. The molecule has 136 valence electrons. The maximum Gasteiger partial charge on any atom is 0.409 e. The molecular weight excluding hydrogens is 420 g/mol. The van der Waals surface area contributed by atoms with E-state index in [1.807, 2.05) is 23.6 Å². The monoisotopic (exact) mass is 436 g/mol. The Bertz CT molecular complexity index is 860. The first-order valence-corrected chi connectivity index (χ1v) is 9.81. The molecule has 0 bridgehead atoms. The number of nitrogens with one attached hydrogen (secondary N) is 1. The molecule has 1 fully saturated rings. The lowest BCUT2D eigenvalue weighted by molar-refractivity contribution is 0.131. The summed E-state index contributed by atoms with van der Waals surface area (Å²) in [6.45, 7) is 1.66. The van der Waals surface area contributed by atoms with Gasteiger partial charge in [0.1, 0.15) is 0 Å². The molecule has 0 aliphatic carbocycles. The molecule has 1 spiro atoms. The van der Waals surface area contributed by atoms with Crippen LogP contribution in [0.5, 0.6) is 0 Å². The third-order valence-corrected chi connectivity index (χ3v) is 6.14. The summed E-state index contributed by atoms with van der Waals surface area (Å²) in [4.78, 5) is 32.3. The number of amides is 3. The van der Waals surface area contributed by atoms with Crippen LogP contribution in [0.25, 0.3) is 0 Å². The van der Waals surface area contributed by atoms with Crippen LogP contribution in [0.2, 0.25) is 0 Å². The summed E-state index contributed by atoms with van der Waals surface area (Å²) >= 11 is 4.90. The molecule has 1 aromatic heterocycles. The van der Waals surface area contributed by atoms with E-state index < -0.39 is 0 Å². The number of anilines is 2. The molecule has 3 heterocycles. The number of likely N-dealkylation sites (tertiary alicyclic amines) is 1. The Hall–Kier alpha value is -2.13. The third kappa shape index (κ3) is 2.84. The van der Waals surface area contributed by atoms with Crippen LogP contribution in [0.3, 0.4) is 0 Å². The molecular formula is C17H17BrN4O3S. The number of hydrogen-bond donors (Lipinski definition) is 1. The highest BCUT2D eigenvalue weighted by molar-refractivity contribution is 9.10. The molecule has 1 aromatic carbocycles. The second-order valence-electron chi connectivity index (χ2n) is 6.44. The number of hydrogen-bond acceptors (Lipinski definition) is 5. The van der Waals surface area contributed by atoms with Gasteiger partial charge in [-0.1, -0.05) is 15.9 Å². The molecule has 7 nitrogen and oxygen atoms in total. The van der Waals surface area contributed by atoms with Crippen LogP contribution in [-0.2, 0) is 10.2 Å². The first kappa shape index (κ1) is 17.3. The Labute approximate surface area is 163 Å². The number of nitrogens with zero attached hydrogens (tertiary/aromatic N) is 3. The van der Waals surface area contributed by atoms with Gasteiger partial charge in [0.15, 0.2) is 5.13 Å². The number of carbonyl (C=O) groups excluding carboxylic acids is 2. The topological polar surface area (TPSA) is 74.8 Å². The predicted octanol–water partition coefficient (Wildman–Crippen LogP) is 3.67. The third-order valence-electron chi connectivity index (χ3n) is 4.96. The molecule has 0 saturated carbocycles. The fraction of sp³-hybridized carbons (Fsp3) is 0.353. The van der Waals surface area contributed by atoms with Crippen molar-refractivity contribution >= 4 is 50.2 Å². The van der Waals surface area contributed by atoms with Gasteiger partial charge in [-0.05, 0) is 30.2 Å². The maximum atomic E-state index is 12.8. The maximum absolute atomic E-state index is 12.8. The summed E-state index contributed by atoms with van der Waals surface area (Å²) in [5.41, 5.74) is 1.66. The van der Waals surface area contributed by atoms with E-state index in [9.17, 15) is 9.59 Å². The number of methoxy groups -OCH3 is 1. The number of carbonyl (C=O) groups is 2. The van der Waals surface area contributed by atoms with Crippen LogP contribution in [0.4, 0.5) is 20.4 Å². The van der Waals surface area contributed by atoms with Gasteiger partial charge in [0, 0.05) is 46.8 Å². The van der Waals surface area contributed by atoms with Crippen molar-refractivity contribution in [1.82, 2.24) is 9.88 Å². The van der Waals surface area contributed by atoms with E-state index in [1.54, 1.807) is 16.0 Å². The zero-order chi connectivity index (χ0) is 18.3. The van der Waals surface area contributed by atoms with Crippen molar-refractivity contribution in [2.45, 2.75) is 11.8 Å². The van der Waals surface area contributed by atoms with Gasteiger partial charge < -0.3 is 9.64 Å². The summed E-state index contributed by atoms with van der Waals surface area (Å²) in [7, 11) is 1.39. The largest absolute Gasteiger partial charge is 0.453 e. The van der Waals surface area contributed by atoms with Crippen molar-refractivity contribution in [3.05, 3.63) is 39.8 Å². The standard InChI is InChI=1S/C17H17BrN4O3S/c1-25-16(24)21-6-4-17(9-21)10-22(13-3-2-11(18)8-12(13)17)15(23)20-14-19-5-7-26-14/h2-3,5,7-8H,4,6,9-10H2,1H3,(H,19,20,23)/t17-/m0/s1. The minimum absolute atomic E-state index is 0.211. The van der Waals surface area contributed by atoms with Gasteiger partial charge in [-0.2, -0.15) is 0 Å². The van der Waals surface area contributed by atoms with Crippen LogP contribution < -0.4 is 10.2 Å². The molecule has 0 unspecified atom stereocenters. The molecule has 2 aromatic rings. The van der Waals surface area contributed by atoms with E-state index >= 15 is 0 Å². The predicted molar refractivity (Wildman–Crippen MR) is 103 cm³/mol. The Balaban J connectivity index is 1.66. The average molecular weight is 437 g/mol. The van der Waals surface area contributed by atoms with Crippen molar-refractivity contribution in [3.8, 4) is 0 Å². The summed E-state index contributed by atoms with van der Waals surface area (Å²) in [6.07, 6.45) is 2.11. The van der Waals surface area contributed by atoms with Crippen molar-refractivity contribution in [2.24, 2.45) is 0 Å². The first-order chi connectivity index (χ1) is 12.5. The van der Waals surface area contributed by atoms with Crippen LogP contribution in [0.15, 0.2) is 34.2 Å². The van der Waals surface area contributed by atoms with Crippen LogP contribution in [0, 0.1) is 0 Å². The van der Waals surface area contributed by atoms with Gasteiger partial charge in [-0.3, -0.25) is 10.2 Å². The second kappa shape index (κ2) is 6.55. The smallest absolute Gasteiger partial charge is 0.409 e. The fourth-order valence-corrected chi connectivity index (χ4v) is 4.65. The highest BCUT2D eigenvalue weighted by Crippen LogP contribution is 2.47. The minimum atomic E-state index is -0.330. The summed E-state index contributed by atoms with van der Waals surface area (Å²) in [6, 6.07) is 5.70. The fourth-order valence-electron chi connectivity index (χ4n) is 3.77. The normalized spacial score (nSPS) is 21.2. The number of ether oxygens (including phenoxy) is 1. The van der Waals surface area contributed by atoms with E-state index in [4.69, 9.17) is 4.74 Å². The van der Waals surface area contributed by atoms with Crippen molar-refractivity contribution in [3.63, 3.8) is 0 Å². The molecule has 0 radical (unpaired) electrons. The first-order valence-electron chi connectivity index (χ1n) is 8.13. The van der Waals surface area contributed by atoms with Gasteiger partial charge in [-0.25, -0.2) is 14.6 Å². The molecule has 26 heavy (non-hydrogen) atoms. The SMILES string of the molecule is COC(=O)N1CC[C@]2(C1)CN(C(=O)Nc1nccs1)c1ccc(Br)cc12. The van der Waals surface area contributed by atoms with E-state index in [0.717, 1.165) is 22.1 Å². The number of rotatable bonds is 1.